The Bertz CT molecular complexity index is 3180. The van der Waals surface area contributed by atoms with E-state index in [2.05, 4.69) is 81.9 Å². The van der Waals surface area contributed by atoms with E-state index < -0.39 is 11.7 Å². The number of para-hydroxylation sites is 2. The summed E-state index contributed by atoms with van der Waals surface area (Å²) in [6, 6.07) is 60.8. The summed E-state index contributed by atoms with van der Waals surface area (Å²) in [5.41, 5.74) is 9.36. The van der Waals surface area contributed by atoms with Gasteiger partial charge in [0.25, 0.3) is 0 Å². The second-order valence-corrected chi connectivity index (χ2v) is 13.9. The number of rotatable bonds is 5. The van der Waals surface area contributed by atoms with E-state index >= 15 is 0 Å². The van der Waals surface area contributed by atoms with Gasteiger partial charge in [0.2, 0.25) is 0 Å². The molecular formula is C50H30F3N3. The Hall–Kier alpha value is -7.36. The largest absolute Gasteiger partial charge is 0.416 e. The molecule has 0 amide bonds. The molecule has 0 aliphatic carbocycles. The molecule has 3 nitrogen and oxygen atoms in total. The van der Waals surface area contributed by atoms with Crippen LogP contribution in [-0.4, -0.2) is 9.13 Å². The van der Waals surface area contributed by atoms with Crippen molar-refractivity contribution in [1.82, 2.24) is 9.13 Å². The van der Waals surface area contributed by atoms with E-state index in [-0.39, 0.29) is 0 Å². The van der Waals surface area contributed by atoms with Crippen molar-refractivity contribution in [3.05, 3.63) is 193 Å². The van der Waals surface area contributed by atoms with Gasteiger partial charge in [-0.2, -0.15) is 18.4 Å². The second-order valence-electron chi connectivity index (χ2n) is 13.9. The van der Waals surface area contributed by atoms with Crippen LogP contribution in [0.4, 0.5) is 13.2 Å². The SMILES string of the molecule is N#Cc1c(-n2c3ccccc3c3cc(-c4ccccc4)ccc32)ccc(-c2cccc(C(F)(F)F)c2)c1-n1c2ccccc2c2cc(-c3ccccc3)ccc21. The molecule has 56 heavy (non-hydrogen) atoms. The van der Waals surface area contributed by atoms with Gasteiger partial charge in [0, 0.05) is 27.1 Å². The molecule has 2 heterocycles. The number of nitrogens with zero attached hydrogens (tertiary/aromatic N) is 3. The summed E-state index contributed by atoms with van der Waals surface area (Å²) in [6.07, 6.45) is -4.55. The fraction of sp³-hybridized carbons (Fsp3) is 0.0200. The molecule has 10 aromatic rings. The predicted octanol–water partition coefficient (Wildman–Crippen LogP) is 13.8. The normalized spacial score (nSPS) is 11.8. The minimum Gasteiger partial charge on any atom is -0.308 e. The van der Waals surface area contributed by atoms with E-state index in [1.54, 1.807) is 6.07 Å². The van der Waals surface area contributed by atoms with Gasteiger partial charge in [-0.15, -0.1) is 0 Å². The number of hydrogen-bond donors (Lipinski definition) is 0. The highest BCUT2D eigenvalue weighted by atomic mass is 19.4. The number of benzene rings is 8. The van der Waals surface area contributed by atoms with Crippen molar-refractivity contribution in [1.29, 1.82) is 5.26 Å². The van der Waals surface area contributed by atoms with Gasteiger partial charge in [0.15, 0.2) is 0 Å². The molecular weight excluding hydrogens is 700 g/mol. The molecule has 266 valence electrons. The Labute approximate surface area is 320 Å². The maximum atomic E-state index is 14.2. The maximum absolute atomic E-state index is 14.2. The molecule has 0 aliphatic heterocycles. The zero-order chi connectivity index (χ0) is 38.0. The van der Waals surface area contributed by atoms with Gasteiger partial charge in [0.05, 0.1) is 39.0 Å². The lowest BCUT2D eigenvalue weighted by atomic mass is 9.96. The first-order chi connectivity index (χ1) is 27.4. The van der Waals surface area contributed by atoms with Gasteiger partial charge in [0.1, 0.15) is 11.6 Å². The lowest BCUT2D eigenvalue weighted by Crippen LogP contribution is -2.07. The molecule has 8 aromatic carbocycles. The molecule has 0 radical (unpaired) electrons. The van der Waals surface area contributed by atoms with E-state index in [4.69, 9.17) is 0 Å². The summed E-state index contributed by atoms with van der Waals surface area (Å²) in [5.74, 6) is 0. The van der Waals surface area contributed by atoms with Gasteiger partial charge < -0.3 is 9.13 Å². The molecule has 2 aromatic heterocycles. The number of halogens is 3. The predicted molar refractivity (Wildman–Crippen MR) is 221 cm³/mol. The van der Waals surface area contributed by atoms with Crippen molar-refractivity contribution in [2.45, 2.75) is 6.18 Å². The molecule has 0 atom stereocenters. The van der Waals surface area contributed by atoms with Crippen LogP contribution in [-0.2, 0) is 6.18 Å². The van der Waals surface area contributed by atoms with Crippen molar-refractivity contribution < 1.29 is 13.2 Å². The molecule has 0 bridgehead atoms. The number of hydrogen-bond acceptors (Lipinski definition) is 1. The standard InChI is InChI=1S/C50H30F3N3/c51-50(52,53)37-17-11-16-36(28-37)38-24-27-48(55-44-20-9-7-18-39(44)41-29-34(22-25-46(41)55)32-12-3-1-4-13-32)43(31-54)49(38)56-45-21-10-8-19-40(45)42-30-35(23-26-47(42)56)33-14-5-2-6-15-33/h1-30H. The van der Waals surface area contributed by atoms with Crippen LogP contribution in [0.3, 0.4) is 0 Å². The molecule has 0 fully saturated rings. The summed E-state index contributed by atoms with van der Waals surface area (Å²) in [5, 5.41) is 15.4. The van der Waals surface area contributed by atoms with E-state index in [0.717, 1.165) is 71.9 Å². The molecule has 0 N–H and O–H groups in total. The van der Waals surface area contributed by atoms with Crippen LogP contribution < -0.4 is 0 Å². The lowest BCUT2D eigenvalue weighted by Gasteiger charge is -2.20. The Balaban J connectivity index is 1.31. The Morgan fingerprint density at radius 2 is 0.911 bits per heavy atom. The van der Waals surface area contributed by atoms with Gasteiger partial charge in [-0.25, -0.2) is 0 Å². The minimum absolute atomic E-state index is 0.337. The average Bonchev–Trinajstić information content (AvgIpc) is 3.75. The van der Waals surface area contributed by atoms with Gasteiger partial charge in [-0.3, -0.25) is 0 Å². The number of fused-ring (bicyclic) bond motifs is 6. The van der Waals surface area contributed by atoms with Crippen LogP contribution in [0, 0.1) is 11.3 Å². The summed E-state index contributed by atoms with van der Waals surface area (Å²) in [7, 11) is 0. The highest BCUT2D eigenvalue weighted by Crippen LogP contribution is 2.44. The van der Waals surface area contributed by atoms with Crippen LogP contribution >= 0.6 is 0 Å². The molecule has 6 heteroatoms. The first kappa shape index (κ1) is 33.2. The third-order valence-corrected chi connectivity index (χ3v) is 10.8. The van der Waals surface area contributed by atoms with Crippen molar-refractivity contribution in [3.63, 3.8) is 0 Å². The molecule has 0 spiro atoms. The molecule has 0 aliphatic rings. The van der Waals surface area contributed by atoms with Gasteiger partial charge in [-0.05, 0) is 82.4 Å². The summed E-state index contributed by atoms with van der Waals surface area (Å²) < 4.78 is 46.8. The van der Waals surface area contributed by atoms with Gasteiger partial charge >= 0.3 is 6.18 Å². The van der Waals surface area contributed by atoms with Crippen LogP contribution in [0.1, 0.15) is 11.1 Å². The van der Waals surface area contributed by atoms with Gasteiger partial charge in [-0.1, -0.05) is 127 Å². The monoisotopic (exact) mass is 729 g/mol. The van der Waals surface area contributed by atoms with Crippen LogP contribution in [0.25, 0.3) is 88.4 Å². The smallest absolute Gasteiger partial charge is 0.308 e. The van der Waals surface area contributed by atoms with Crippen molar-refractivity contribution in [2.75, 3.05) is 0 Å². The third-order valence-electron chi connectivity index (χ3n) is 10.8. The average molecular weight is 730 g/mol. The molecule has 0 unspecified atom stereocenters. The summed E-state index contributed by atoms with van der Waals surface area (Å²) in [6.45, 7) is 0. The van der Waals surface area contributed by atoms with E-state index in [1.165, 1.54) is 12.1 Å². The molecule has 0 saturated carbocycles. The third kappa shape index (κ3) is 5.28. The Morgan fingerprint density at radius 3 is 1.48 bits per heavy atom. The quantitative estimate of drug-likeness (QED) is 0.174. The minimum atomic E-state index is -4.55. The van der Waals surface area contributed by atoms with Crippen LogP contribution in [0.15, 0.2) is 182 Å². The Kier molecular flexibility index (Phi) is 7.65. The number of nitriles is 1. The fourth-order valence-corrected chi connectivity index (χ4v) is 8.27. The number of aromatic nitrogens is 2. The first-order valence-corrected chi connectivity index (χ1v) is 18.3. The van der Waals surface area contributed by atoms with Crippen molar-refractivity contribution in [3.8, 4) is 50.8 Å². The number of alkyl halides is 3. The van der Waals surface area contributed by atoms with E-state index in [1.807, 2.05) is 91.0 Å². The van der Waals surface area contributed by atoms with E-state index in [9.17, 15) is 18.4 Å². The van der Waals surface area contributed by atoms with Crippen molar-refractivity contribution >= 4 is 43.6 Å². The lowest BCUT2D eigenvalue weighted by molar-refractivity contribution is -0.137. The fourth-order valence-electron chi connectivity index (χ4n) is 8.27. The molecule has 10 rings (SSSR count). The zero-order valence-corrected chi connectivity index (χ0v) is 29.8. The van der Waals surface area contributed by atoms with Crippen LogP contribution in [0.5, 0.6) is 0 Å². The van der Waals surface area contributed by atoms with E-state index in [0.29, 0.717) is 28.1 Å². The highest BCUT2D eigenvalue weighted by Gasteiger charge is 2.31. The zero-order valence-electron chi connectivity index (χ0n) is 29.8. The molecule has 0 saturated heterocycles. The Morgan fingerprint density at radius 1 is 0.411 bits per heavy atom. The maximum Gasteiger partial charge on any atom is 0.416 e. The summed E-state index contributed by atoms with van der Waals surface area (Å²) >= 11 is 0. The highest BCUT2D eigenvalue weighted by molar-refractivity contribution is 6.13. The second kappa shape index (κ2) is 12.9. The van der Waals surface area contributed by atoms with Crippen LogP contribution in [0.2, 0.25) is 0 Å². The van der Waals surface area contributed by atoms with Crippen molar-refractivity contribution in [2.24, 2.45) is 0 Å². The summed E-state index contributed by atoms with van der Waals surface area (Å²) in [4.78, 5) is 0. The topological polar surface area (TPSA) is 33.6 Å². The first-order valence-electron chi connectivity index (χ1n) is 18.3.